The molecule has 0 aromatic heterocycles. The van der Waals surface area contributed by atoms with Crippen molar-refractivity contribution in [2.24, 2.45) is 0 Å². The lowest BCUT2D eigenvalue weighted by Gasteiger charge is -2.39. The summed E-state index contributed by atoms with van der Waals surface area (Å²) in [7, 11) is 0. The highest BCUT2D eigenvalue weighted by molar-refractivity contribution is 8.18. The van der Waals surface area contributed by atoms with Gasteiger partial charge in [-0.3, -0.25) is 0 Å². The van der Waals surface area contributed by atoms with Gasteiger partial charge in [0, 0.05) is 0 Å². The second kappa shape index (κ2) is 8.74. The zero-order valence-corrected chi connectivity index (χ0v) is 18.5. The maximum absolute atomic E-state index is 5.31. The van der Waals surface area contributed by atoms with Crippen LogP contribution < -0.4 is 0 Å². The van der Waals surface area contributed by atoms with Crippen molar-refractivity contribution in [2.75, 3.05) is 0 Å². The molecule has 4 aromatic carbocycles. The number of thiol groups is 2. The Morgan fingerprint density at radius 2 is 0.586 bits per heavy atom. The zero-order chi connectivity index (χ0) is 20.2. The van der Waals surface area contributed by atoms with Crippen LogP contribution in [0.5, 0.6) is 0 Å². The maximum Gasteiger partial charge on any atom is 0.110 e. The second-order valence-corrected chi connectivity index (χ2v) is 10.2. The van der Waals surface area contributed by atoms with Gasteiger partial charge in [0.15, 0.2) is 0 Å². The molecule has 0 saturated carbocycles. The fourth-order valence-corrected chi connectivity index (χ4v) is 6.52. The van der Waals surface area contributed by atoms with Crippen LogP contribution >= 0.6 is 37.0 Å². The average Bonchev–Trinajstić information content (AvgIpc) is 2.81. The molecule has 0 radical (unpaired) electrons. The maximum atomic E-state index is 5.31. The number of benzene rings is 4. The van der Waals surface area contributed by atoms with E-state index in [1.54, 1.807) is 11.8 Å². The lowest BCUT2D eigenvalue weighted by atomic mass is 10.0. The van der Waals surface area contributed by atoms with Gasteiger partial charge in [0.05, 0.1) is 0 Å². The van der Waals surface area contributed by atoms with E-state index in [4.69, 9.17) is 25.3 Å². The molecule has 0 aliphatic rings. The smallest absolute Gasteiger partial charge is 0.110 e. The third kappa shape index (κ3) is 4.13. The van der Waals surface area contributed by atoms with Gasteiger partial charge in [0.1, 0.15) is 8.16 Å². The fourth-order valence-electron chi connectivity index (χ4n) is 3.44. The summed E-state index contributed by atoms with van der Waals surface area (Å²) >= 11 is 12.3. The number of hydrogen-bond acceptors (Lipinski definition) is 3. The van der Waals surface area contributed by atoms with Gasteiger partial charge < -0.3 is 0 Å². The van der Waals surface area contributed by atoms with Gasteiger partial charge in [-0.15, -0.1) is 11.8 Å². The number of rotatable bonds is 6. The van der Waals surface area contributed by atoms with Crippen LogP contribution in [-0.4, -0.2) is 0 Å². The molecule has 4 rings (SSSR count). The molecule has 0 saturated heterocycles. The predicted octanol–water partition coefficient (Wildman–Crippen LogP) is 7.38. The molecule has 0 unspecified atom stereocenters. The van der Waals surface area contributed by atoms with Crippen LogP contribution in [0.4, 0.5) is 0 Å². The third-order valence-electron chi connectivity index (χ3n) is 4.96. The normalized spacial score (nSPS) is 11.9. The Morgan fingerprint density at radius 1 is 0.379 bits per heavy atom. The van der Waals surface area contributed by atoms with E-state index >= 15 is 0 Å². The van der Waals surface area contributed by atoms with Gasteiger partial charge in [0.2, 0.25) is 0 Å². The lowest BCUT2D eigenvalue weighted by molar-refractivity contribution is 1.02. The Bertz CT molecular complexity index is 866. The molecule has 0 nitrogen and oxygen atoms in total. The number of thioether (sulfide) groups is 1. The first-order valence-electron chi connectivity index (χ1n) is 9.50. The van der Waals surface area contributed by atoms with E-state index in [9.17, 15) is 0 Å². The van der Waals surface area contributed by atoms with Crippen molar-refractivity contribution in [1.29, 1.82) is 0 Å². The van der Waals surface area contributed by atoms with Gasteiger partial charge in [-0.1, -0.05) is 121 Å². The molecule has 0 bridgehead atoms. The third-order valence-corrected chi connectivity index (χ3v) is 8.07. The topological polar surface area (TPSA) is 0 Å². The van der Waals surface area contributed by atoms with Crippen LogP contribution in [0.15, 0.2) is 121 Å². The quantitative estimate of drug-likeness (QED) is 0.238. The molecule has 29 heavy (non-hydrogen) atoms. The van der Waals surface area contributed by atoms with Gasteiger partial charge in [-0.25, -0.2) is 0 Å². The van der Waals surface area contributed by atoms with Gasteiger partial charge in [-0.05, 0) is 22.3 Å². The summed E-state index contributed by atoms with van der Waals surface area (Å²) in [5, 5.41) is 0. The molecule has 0 spiro atoms. The summed E-state index contributed by atoms with van der Waals surface area (Å²) in [5.41, 5.74) is 4.52. The van der Waals surface area contributed by atoms with E-state index in [-0.39, 0.29) is 0 Å². The van der Waals surface area contributed by atoms with Crippen molar-refractivity contribution < 1.29 is 0 Å². The van der Waals surface area contributed by atoms with Crippen LogP contribution in [0.1, 0.15) is 22.3 Å². The van der Waals surface area contributed by atoms with Crippen molar-refractivity contribution in [2.45, 2.75) is 8.16 Å². The first-order valence-corrected chi connectivity index (χ1v) is 11.2. The van der Waals surface area contributed by atoms with E-state index in [0.717, 1.165) is 22.3 Å². The molecule has 0 N–H and O–H groups in total. The minimum Gasteiger partial charge on any atom is -0.152 e. The van der Waals surface area contributed by atoms with Crippen molar-refractivity contribution in [1.82, 2.24) is 0 Å². The van der Waals surface area contributed by atoms with Crippen LogP contribution in [0.3, 0.4) is 0 Å². The standard InChI is InChI=1S/C26H22S3/c27-25(21-13-5-1-6-14-21,22-15-7-2-8-16-22)29-26(28,23-17-9-3-10-18-23)24-19-11-4-12-20-24/h1-20,27-28H. The Morgan fingerprint density at radius 3 is 0.793 bits per heavy atom. The van der Waals surface area contributed by atoms with E-state index in [1.165, 1.54) is 0 Å². The van der Waals surface area contributed by atoms with E-state index in [0.29, 0.717) is 0 Å². The molecular weight excluding hydrogens is 408 g/mol. The fraction of sp³-hybridized carbons (Fsp3) is 0.0769. The molecule has 144 valence electrons. The first kappa shape index (κ1) is 20.2. The molecule has 0 amide bonds. The van der Waals surface area contributed by atoms with Crippen molar-refractivity contribution in [3.05, 3.63) is 144 Å². The Hall–Kier alpha value is -2.07. The van der Waals surface area contributed by atoms with Gasteiger partial charge in [0.25, 0.3) is 0 Å². The first-order chi connectivity index (χ1) is 14.1. The van der Waals surface area contributed by atoms with Crippen LogP contribution in [-0.2, 0) is 8.16 Å². The molecule has 4 aromatic rings. The van der Waals surface area contributed by atoms with Gasteiger partial charge in [-0.2, -0.15) is 25.3 Å². The summed E-state index contributed by atoms with van der Waals surface area (Å²) in [6.07, 6.45) is 0. The highest BCUT2D eigenvalue weighted by Gasteiger charge is 2.42. The minimum atomic E-state index is -0.587. The van der Waals surface area contributed by atoms with E-state index < -0.39 is 8.16 Å². The highest BCUT2D eigenvalue weighted by Crippen LogP contribution is 2.59. The highest BCUT2D eigenvalue weighted by atomic mass is 32.2. The Kier molecular flexibility index (Phi) is 6.09. The van der Waals surface area contributed by atoms with Crippen LogP contribution in [0.25, 0.3) is 0 Å². The number of hydrogen-bond donors (Lipinski definition) is 2. The average molecular weight is 431 g/mol. The van der Waals surface area contributed by atoms with Crippen molar-refractivity contribution >= 4 is 37.0 Å². The monoisotopic (exact) mass is 430 g/mol. The lowest BCUT2D eigenvalue weighted by Crippen LogP contribution is -2.26. The summed E-state index contributed by atoms with van der Waals surface area (Å²) in [4.78, 5) is 0. The Balaban J connectivity index is 1.91. The zero-order valence-electron chi connectivity index (χ0n) is 15.8. The van der Waals surface area contributed by atoms with Crippen molar-refractivity contribution in [3.8, 4) is 0 Å². The van der Waals surface area contributed by atoms with Gasteiger partial charge >= 0.3 is 0 Å². The van der Waals surface area contributed by atoms with Crippen LogP contribution in [0.2, 0.25) is 0 Å². The minimum absolute atomic E-state index is 0.587. The summed E-state index contributed by atoms with van der Waals surface area (Å²) in [5.74, 6) is 0. The molecule has 0 aliphatic carbocycles. The summed E-state index contributed by atoms with van der Waals surface area (Å²) in [6.45, 7) is 0. The van der Waals surface area contributed by atoms with Crippen LogP contribution in [0, 0.1) is 0 Å². The van der Waals surface area contributed by atoms with E-state index in [2.05, 4.69) is 97.1 Å². The molecule has 0 fully saturated rings. The summed E-state index contributed by atoms with van der Waals surface area (Å²) < 4.78 is -1.17. The summed E-state index contributed by atoms with van der Waals surface area (Å²) in [6, 6.07) is 41.8. The Labute approximate surface area is 188 Å². The molecule has 0 aliphatic heterocycles. The van der Waals surface area contributed by atoms with E-state index in [1.807, 2.05) is 24.3 Å². The van der Waals surface area contributed by atoms with Crippen molar-refractivity contribution in [3.63, 3.8) is 0 Å². The largest absolute Gasteiger partial charge is 0.152 e. The SMILES string of the molecule is SC(SC(S)(c1ccccc1)c1ccccc1)(c1ccccc1)c1ccccc1. The molecular formula is C26H22S3. The second-order valence-electron chi connectivity index (χ2n) is 6.85. The molecule has 0 heterocycles. The molecule has 3 heteroatoms. The molecule has 0 atom stereocenters. The predicted molar refractivity (Wildman–Crippen MR) is 133 cm³/mol.